The molecule has 0 saturated carbocycles. The van der Waals surface area contributed by atoms with E-state index < -0.39 is 0 Å². The Bertz CT molecular complexity index is 335. The quantitative estimate of drug-likeness (QED) is 0.741. The number of hydrogen-bond donors (Lipinski definition) is 0. The molecule has 0 saturated heterocycles. The van der Waals surface area contributed by atoms with Crippen LogP contribution in [0.3, 0.4) is 0 Å². The second-order valence-electron chi connectivity index (χ2n) is 3.70. The molecule has 2 rings (SSSR count). The first-order chi connectivity index (χ1) is 6.84. The van der Waals surface area contributed by atoms with Crippen molar-refractivity contribution in [1.29, 1.82) is 0 Å². The summed E-state index contributed by atoms with van der Waals surface area (Å²) in [5.41, 5.74) is 1.34. The molecule has 0 amide bonds. The van der Waals surface area contributed by atoms with Gasteiger partial charge in [-0.25, -0.2) is 0 Å². The van der Waals surface area contributed by atoms with Gasteiger partial charge in [-0.2, -0.15) is 0 Å². The standard InChI is InChI=1S/C12H14OS/c13-11-4-1-3-10(9-11)6-7-12-5-2-8-14-12/h2,5,8-9H,1,3-4,6-7H2. The summed E-state index contributed by atoms with van der Waals surface area (Å²) in [4.78, 5) is 12.6. The lowest BCUT2D eigenvalue weighted by Crippen LogP contribution is -2.03. The maximum Gasteiger partial charge on any atom is 0.155 e. The number of rotatable bonds is 3. The molecule has 0 spiro atoms. The maximum absolute atomic E-state index is 11.2. The highest BCUT2D eigenvalue weighted by Gasteiger charge is 2.09. The van der Waals surface area contributed by atoms with Gasteiger partial charge in [0.05, 0.1) is 0 Å². The zero-order chi connectivity index (χ0) is 9.80. The molecular formula is C12H14OS. The summed E-state index contributed by atoms with van der Waals surface area (Å²) in [6.45, 7) is 0. The van der Waals surface area contributed by atoms with Gasteiger partial charge in [-0.3, -0.25) is 4.79 Å². The number of thiophene rings is 1. The number of aryl methyl sites for hydroxylation is 1. The topological polar surface area (TPSA) is 17.1 Å². The van der Waals surface area contributed by atoms with Gasteiger partial charge in [-0.15, -0.1) is 11.3 Å². The van der Waals surface area contributed by atoms with E-state index in [1.165, 1.54) is 10.5 Å². The van der Waals surface area contributed by atoms with Crippen molar-refractivity contribution in [3.05, 3.63) is 34.0 Å². The molecule has 0 atom stereocenters. The van der Waals surface area contributed by atoms with E-state index in [-0.39, 0.29) is 0 Å². The van der Waals surface area contributed by atoms with Crippen molar-refractivity contribution in [2.45, 2.75) is 32.1 Å². The second kappa shape index (κ2) is 4.56. The van der Waals surface area contributed by atoms with Crippen molar-refractivity contribution in [1.82, 2.24) is 0 Å². The summed E-state index contributed by atoms with van der Waals surface area (Å²) in [7, 11) is 0. The van der Waals surface area contributed by atoms with Crippen LogP contribution in [-0.4, -0.2) is 5.78 Å². The van der Waals surface area contributed by atoms with Crippen LogP contribution in [-0.2, 0) is 11.2 Å². The Labute approximate surface area is 88.5 Å². The zero-order valence-corrected chi connectivity index (χ0v) is 8.98. The largest absolute Gasteiger partial charge is 0.295 e. The molecule has 1 aliphatic rings. The Balaban J connectivity index is 1.89. The highest BCUT2D eigenvalue weighted by Crippen LogP contribution is 2.21. The second-order valence-corrected chi connectivity index (χ2v) is 4.73. The predicted molar refractivity (Wildman–Crippen MR) is 59.6 cm³/mol. The fourth-order valence-electron chi connectivity index (χ4n) is 1.80. The van der Waals surface area contributed by atoms with E-state index in [9.17, 15) is 4.79 Å². The first-order valence-electron chi connectivity index (χ1n) is 5.09. The normalized spacial score (nSPS) is 16.9. The van der Waals surface area contributed by atoms with Crippen LogP contribution in [0, 0.1) is 0 Å². The molecule has 0 bridgehead atoms. The fourth-order valence-corrected chi connectivity index (χ4v) is 2.51. The van der Waals surface area contributed by atoms with Crippen molar-refractivity contribution in [2.75, 3.05) is 0 Å². The lowest BCUT2D eigenvalue weighted by molar-refractivity contribution is -0.115. The van der Waals surface area contributed by atoms with Crippen LogP contribution in [0.2, 0.25) is 0 Å². The van der Waals surface area contributed by atoms with Crippen molar-refractivity contribution >= 4 is 17.1 Å². The van der Waals surface area contributed by atoms with Gasteiger partial charge in [-0.1, -0.05) is 11.6 Å². The molecular weight excluding hydrogens is 192 g/mol. The highest BCUT2D eigenvalue weighted by molar-refractivity contribution is 7.09. The van der Waals surface area contributed by atoms with Gasteiger partial charge < -0.3 is 0 Å². The van der Waals surface area contributed by atoms with Gasteiger partial charge in [0.1, 0.15) is 0 Å². The Morgan fingerprint density at radius 2 is 2.21 bits per heavy atom. The van der Waals surface area contributed by atoms with E-state index in [1.807, 2.05) is 6.08 Å². The number of carbonyl (C=O) groups is 1. The number of allylic oxidation sites excluding steroid dienone is 2. The summed E-state index contributed by atoms with van der Waals surface area (Å²) < 4.78 is 0. The SMILES string of the molecule is O=C1C=C(CCc2cccs2)CCC1. The van der Waals surface area contributed by atoms with Gasteiger partial charge in [0.2, 0.25) is 0 Å². The van der Waals surface area contributed by atoms with E-state index in [0.29, 0.717) is 5.78 Å². The average Bonchev–Trinajstić information content (AvgIpc) is 2.67. The van der Waals surface area contributed by atoms with E-state index in [0.717, 1.165) is 32.1 Å². The Morgan fingerprint density at radius 3 is 2.93 bits per heavy atom. The van der Waals surface area contributed by atoms with Crippen LogP contribution < -0.4 is 0 Å². The van der Waals surface area contributed by atoms with E-state index in [2.05, 4.69) is 17.5 Å². The summed E-state index contributed by atoms with van der Waals surface area (Å²) in [6, 6.07) is 4.25. The number of ketones is 1. The third-order valence-corrected chi connectivity index (χ3v) is 3.49. The summed E-state index contributed by atoms with van der Waals surface area (Å²) in [5, 5.41) is 2.11. The molecule has 14 heavy (non-hydrogen) atoms. The van der Waals surface area contributed by atoms with Crippen LogP contribution in [0.15, 0.2) is 29.2 Å². The van der Waals surface area contributed by atoms with Crippen molar-refractivity contribution in [2.24, 2.45) is 0 Å². The predicted octanol–water partition coefficient (Wildman–Crippen LogP) is 3.36. The van der Waals surface area contributed by atoms with E-state index in [4.69, 9.17) is 0 Å². The van der Waals surface area contributed by atoms with Crippen LogP contribution >= 0.6 is 11.3 Å². The molecule has 0 radical (unpaired) electrons. The molecule has 0 unspecified atom stereocenters. The third kappa shape index (κ3) is 2.55. The van der Waals surface area contributed by atoms with Gasteiger partial charge >= 0.3 is 0 Å². The van der Waals surface area contributed by atoms with Crippen molar-refractivity contribution in [3.63, 3.8) is 0 Å². The van der Waals surface area contributed by atoms with E-state index in [1.54, 1.807) is 11.3 Å². The van der Waals surface area contributed by atoms with Gasteiger partial charge in [-0.05, 0) is 43.2 Å². The Hall–Kier alpha value is -0.890. The molecule has 1 aliphatic carbocycles. The van der Waals surface area contributed by atoms with Crippen LogP contribution in [0.25, 0.3) is 0 Å². The molecule has 0 aromatic carbocycles. The first kappa shape index (κ1) is 9.66. The Morgan fingerprint density at radius 1 is 1.29 bits per heavy atom. The molecule has 2 heteroatoms. The Kier molecular flexibility index (Phi) is 3.14. The molecule has 0 aliphatic heterocycles. The van der Waals surface area contributed by atoms with E-state index >= 15 is 0 Å². The minimum absolute atomic E-state index is 0.317. The van der Waals surface area contributed by atoms with Gasteiger partial charge in [0.25, 0.3) is 0 Å². The molecule has 1 aromatic rings. The molecule has 74 valence electrons. The fraction of sp³-hybridized carbons (Fsp3) is 0.417. The summed E-state index contributed by atoms with van der Waals surface area (Å²) in [6.07, 6.45) is 6.94. The summed E-state index contributed by atoms with van der Waals surface area (Å²) in [5.74, 6) is 0.317. The monoisotopic (exact) mass is 206 g/mol. The third-order valence-electron chi connectivity index (χ3n) is 2.56. The molecule has 0 N–H and O–H groups in total. The lowest BCUT2D eigenvalue weighted by atomic mass is 9.95. The summed E-state index contributed by atoms with van der Waals surface area (Å²) >= 11 is 1.80. The van der Waals surface area contributed by atoms with Crippen LogP contribution in [0.5, 0.6) is 0 Å². The molecule has 1 heterocycles. The molecule has 0 fully saturated rings. The maximum atomic E-state index is 11.2. The minimum Gasteiger partial charge on any atom is -0.295 e. The highest BCUT2D eigenvalue weighted by atomic mass is 32.1. The minimum atomic E-state index is 0.317. The van der Waals surface area contributed by atoms with Crippen LogP contribution in [0.4, 0.5) is 0 Å². The first-order valence-corrected chi connectivity index (χ1v) is 5.97. The average molecular weight is 206 g/mol. The smallest absolute Gasteiger partial charge is 0.155 e. The van der Waals surface area contributed by atoms with Crippen molar-refractivity contribution < 1.29 is 4.79 Å². The lowest BCUT2D eigenvalue weighted by Gasteiger charge is -2.10. The zero-order valence-electron chi connectivity index (χ0n) is 8.16. The van der Waals surface area contributed by atoms with Gasteiger partial charge in [0, 0.05) is 11.3 Å². The van der Waals surface area contributed by atoms with Crippen LogP contribution in [0.1, 0.15) is 30.6 Å². The number of hydrogen-bond acceptors (Lipinski definition) is 2. The molecule has 1 nitrogen and oxygen atoms in total. The van der Waals surface area contributed by atoms with Gasteiger partial charge in [0.15, 0.2) is 5.78 Å². The molecule has 1 aromatic heterocycles. The number of carbonyl (C=O) groups excluding carboxylic acids is 1. The van der Waals surface area contributed by atoms with Crippen molar-refractivity contribution in [3.8, 4) is 0 Å².